The number of non-ortho nitro benzene ring substituents is 1. The summed E-state index contributed by atoms with van der Waals surface area (Å²) in [6.07, 6.45) is 2.80. The van der Waals surface area contributed by atoms with Crippen LogP contribution in [0.3, 0.4) is 0 Å². The number of nitro groups is 1. The lowest BCUT2D eigenvalue weighted by Gasteiger charge is -2.08. The molecule has 6 nitrogen and oxygen atoms in total. The van der Waals surface area contributed by atoms with Crippen LogP contribution in [0.25, 0.3) is 0 Å². The molecule has 1 aromatic carbocycles. The summed E-state index contributed by atoms with van der Waals surface area (Å²) in [7, 11) is 0. The van der Waals surface area contributed by atoms with Crippen molar-refractivity contribution in [3.8, 4) is 0 Å². The Labute approximate surface area is 118 Å². The van der Waals surface area contributed by atoms with Gasteiger partial charge in [-0.25, -0.2) is 0 Å². The highest BCUT2D eigenvalue weighted by Gasteiger charge is 2.09. The molecule has 0 bridgehead atoms. The molecule has 2 N–H and O–H groups in total. The maximum absolute atomic E-state index is 10.6. The zero-order valence-corrected chi connectivity index (χ0v) is 11.9. The molecule has 110 valence electrons. The van der Waals surface area contributed by atoms with Crippen LogP contribution in [0, 0.1) is 10.1 Å². The Morgan fingerprint density at radius 1 is 1.45 bits per heavy atom. The van der Waals surface area contributed by atoms with E-state index in [1.54, 1.807) is 12.1 Å². The molecule has 0 spiro atoms. The molecular formula is C14H21N3O3. The summed E-state index contributed by atoms with van der Waals surface area (Å²) in [4.78, 5) is 15.4. The Kier molecular flexibility index (Phi) is 6.66. The number of hydrogen-bond donors (Lipinski definition) is 1. The number of nitrogens with two attached hydrogens (primary N) is 1. The minimum Gasteiger partial charge on any atom is -0.394 e. The zero-order chi connectivity index (χ0) is 15.0. The molecule has 1 rings (SSSR count). The number of oxime groups is 1. The predicted molar refractivity (Wildman–Crippen MR) is 78.8 cm³/mol. The number of hydrogen-bond acceptors (Lipinski definition) is 5. The molecule has 0 saturated heterocycles. The lowest BCUT2D eigenvalue weighted by atomic mass is 10.0. The Morgan fingerprint density at radius 3 is 2.60 bits per heavy atom. The van der Waals surface area contributed by atoms with Gasteiger partial charge >= 0.3 is 0 Å². The van der Waals surface area contributed by atoms with Crippen LogP contribution >= 0.6 is 0 Å². The molecule has 0 saturated carbocycles. The first-order valence-electron chi connectivity index (χ1n) is 6.73. The first kappa shape index (κ1) is 16.1. The van der Waals surface area contributed by atoms with E-state index in [2.05, 4.69) is 12.1 Å². The standard InChI is InChI=1S/C14H21N3O3/c1-3-4-5-14(16-20-10-11(2)15)12-6-8-13(9-7-12)17(18)19/h6-9,11H,3-5,10,15H2,1-2H3. The van der Waals surface area contributed by atoms with Gasteiger partial charge in [0.1, 0.15) is 6.61 Å². The molecule has 0 heterocycles. The van der Waals surface area contributed by atoms with Crippen LogP contribution in [0.2, 0.25) is 0 Å². The van der Waals surface area contributed by atoms with Crippen LogP contribution in [0.1, 0.15) is 38.7 Å². The van der Waals surface area contributed by atoms with Crippen molar-refractivity contribution in [1.82, 2.24) is 0 Å². The van der Waals surface area contributed by atoms with Gasteiger partial charge in [0.25, 0.3) is 5.69 Å². The van der Waals surface area contributed by atoms with Crippen molar-refractivity contribution in [3.63, 3.8) is 0 Å². The summed E-state index contributed by atoms with van der Waals surface area (Å²) in [6, 6.07) is 6.26. The molecule has 20 heavy (non-hydrogen) atoms. The summed E-state index contributed by atoms with van der Waals surface area (Å²) in [5.41, 5.74) is 7.31. The second-order valence-corrected chi connectivity index (χ2v) is 4.72. The second-order valence-electron chi connectivity index (χ2n) is 4.72. The van der Waals surface area contributed by atoms with Gasteiger partial charge in [-0.05, 0) is 37.5 Å². The largest absolute Gasteiger partial charge is 0.394 e. The molecular weight excluding hydrogens is 258 g/mol. The van der Waals surface area contributed by atoms with Crippen LogP contribution in [0.15, 0.2) is 29.4 Å². The van der Waals surface area contributed by atoms with E-state index in [4.69, 9.17) is 10.6 Å². The van der Waals surface area contributed by atoms with E-state index in [9.17, 15) is 10.1 Å². The third-order valence-corrected chi connectivity index (χ3v) is 2.69. The van der Waals surface area contributed by atoms with Crippen molar-refractivity contribution < 1.29 is 9.76 Å². The summed E-state index contributed by atoms with van der Waals surface area (Å²) in [5, 5.41) is 14.8. The van der Waals surface area contributed by atoms with Crippen LogP contribution in [-0.4, -0.2) is 23.3 Å². The van der Waals surface area contributed by atoms with Crippen molar-refractivity contribution in [2.24, 2.45) is 10.9 Å². The maximum Gasteiger partial charge on any atom is 0.269 e. The van der Waals surface area contributed by atoms with Gasteiger partial charge in [-0.3, -0.25) is 10.1 Å². The Morgan fingerprint density at radius 2 is 2.10 bits per heavy atom. The van der Waals surface area contributed by atoms with Crippen LogP contribution in [0.5, 0.6) is 0 Å². The fraction of sp³-hybridized carbons (Fsp3) is 0.500. The number of unbranched alkanes of at least 4 members (excludes halogenated alkanes) is 1. The quantitative estimate of drug-likeness (QED) is 0.450. The summed E-state index contributed by atoms with van der Waals surface area (Å²) in [6.45, 7) is 4.28. The third-order valence-electron chi connectivity index (χ3n) is 2.69. The molecule has 0 aliphatic rings. The second kappa shape index (κ2) is 8.27. The fourth-order valence-electron chi connectivity index (χ4n) is 1.60. The van der Waals surface area contributed by atoms with E-state index in [0.717, 1.165) is 30.5 Å². The van der Waals surface area contributed by atoms with Crippen molar-refractivity contribution in [2.75, 3.05) is 6.61 Å². The van der Waals surface area contributed by atoms with Crippen molar-refractivity contribution in [2.45, 2.75) is 39.2 Å². The van der Waals surface area contributed by atoms with Gasteiger partial charge in [0.05, 0.1) is 10.6 Å². The van der Waals surface area contributed by atoms with Gasteiger partial charge in [0, 0.05) is 18.2 Å². The average molecular weight is 279 g/mol. The van der Waals surface area contributed by atoms with Gasteiger partial charge in [0.2, 0.25) is 0 Å². The summed E-state index contributed by atoms with van der Waals surface area (Å²) >= 11 is 0. The molecule has 0 radical (unpaired) electrons. The normalized spacial score (nSPS) is 13.1. The lowest BCUT2D eigenvalue weighted by Crippen LogP contribution is -2.21. The highest BCUT2D eigenvalue weighted by Crippen LogP contribution is 2.15. The first-order valence-corrected chi connectivity index (χ1v) is 6.73. The highest BCUT2D eigenvalue weighted by molar-refractivity contribution is 6.00. The van der Waals surface area contributed by atoms with Gasteiger partial charge in [0.15, 0.2) is 0 Å². The Balaban J connectivity index is 2.83. The smallest absolute Gasteiger partial charge is 0.269 e. The predicted octanol–water partition coefficient (Wildman–Crippen LogP) is 2.85. The van der Waals surface area contributed by atoms with Gasteiger partial charge in [-0.2, -0.15) is 0 Å². The number of rotatable bonds is 8. The monoisotopic (exact) mass is 279 g/mol. The topological polar surface area (TPSA) is 90.8 Å². The van der Waals surface area contributed by atoms with Crippen molar-refractivity contribution >= 4 is 11.4 Å². The minimum absolute atomic E-state index is 0.0695. The minimum atomic E-state index is -0.417. The van der Waals surface area contributed by atoms with Crippen molar-refractivity contribution in [1.29, 1.82) is 0 Å². The Bertz CT molecular complexity index is 455. The van der Waals surface area contributed by atoms with E-state index in [1.807, 2.05) is 6.92 Å². The van der Waals surface area contributed by atoms with Crippen LogP contribution < -0.4 is 5.73 Å². The zero-order valence-electron chi connectivity index (χ0n) is 11.9. The van der Waals surface area contributed by atoms with Gasteiger partial charge in [-0.1, -0.05) is 18.5 Å². The molecule has 0 aliphatic carbocycles. The fourth-order valence-corrected chi connectivity index (χ4v) is 1.60. The molecule has 0 aromatic heterocycles. The average Bonchev–Trinajstić information content (AvgIpc) is 2.42. The van der Waals surface area contributed by atoms with Gasteiger partial charge in [-0.15, -0.1) is 0 Å². The number of benzene rings is 1. The van der Waals surface area contributed by atoms with E-state index >= 15 is 0 Å². The molecule has 0 fully saturated rings. The molecule has 1 atom stereocenters. The lowest BCUT2D eigenvalue weighted by molar-refractivity contribution is -0.384. The van der Waals surface area contributed by atoms with Gasteiger partial charge < -0.3 is 10.6 Å². The van der Waals surface area contributed by atoms with Crippen LogP contribution in [0.4, 0.5) is 5.69 Å². The molecule has 0 amide bonds. The van der Waals surface area contributed by atoms with Crippen LogP contribution in [-0.2, 0) is 4.84 Å². The van der Waals surface area contributed by atoms with E-state index in [-0.39, 0.29) is 11.7 Å². The van der Waals surface area contributed by atoms with E-state index in [1.165, 1.54) is 12.1 Å². The summed E-state index contributed by atoms with van der Waals surface area (Å²) < 4.78 is 0. The number of nitro benzene ring substituents is 1. The maximum atomic E-state index is 10.6. The Hall–Kier alpha value is -1.95. The van der Waals surface area contributed by atoms with Crippen molar-refractivity contribution in [3.05, 3.63) is 39.9 Å². The van der Waals surface area contributed by atoms with E-state index in [0.29, 0.717) is 6.61 Å². The molecule has 1 unspecified atom stereocenters. The SMILES string of the molecule is CCCCC(=NOCC(C)N)c1ccc([N+](=O)[O-])cc1. The molecule has 6 heteroatoms. The molecule has 1 aromatic rings. The summed E-state index contributed by atoms with van der Waals surface area (Å²) in [5.74, 6) is 0. The highest BCUT2D eigenvalue weighted by atomic mass is 16.6. The first-order chi connectivity index (χ1) is 9.54. The molecule has 0 aliphatic heterocycles. The third kappa shape index (κ3) is 5.36. The number of nitrogens with zero attached hydrogens (tertiary/aromatic N) is 2. The van der Waals surface area contributed by atoms with E-state index < -0.39 is 4.92 Å².